The number of carbonyl (C=O) groups is 1. The van der Waals surface area contributed by atoms with Gasteiger partial charge >= 0.3 is 6.09 Å². The maximum Gasteiger partial charge on any atom is 0.440 e. The second kappa shape index (κ2) is 4.35. The van der Waals surface area contributed by atoms with Crippen molar-refractivity contribution < 1.29 is 14.7 Å². The minimum atomic E-state index is -1.09. The molecule has 0 radical (unpaired) electrons. The number of amides is 1. The van der Waals surface area contributed by atoms with Crippen LogP contribution in [0.3, 0.4) is 0 Å². The van der Waals surface area contributed by atoms with Gasteiger partial charge in [0.15, 0.2) is 5.75 Å². The van der Waals surface area contributed by atoms with Crippen molar-refractivity contribution in [1.82, 2.24) is 5.06 Å². The number of hydrogen-bond acceptors (Lipinski definition) is 2. The molecule has 1 aromatic carbocycles. The van der Waals surface area contributed by atoms with E-state index >= 15 is 0 Å². The molecule has 1 N–H and O–H groups in total. The highest BCUT2D eigenvalue weighted by atomic mass is 16.7. The van der Waals surface area contributed by atoms with Gasteiger partial charge in [-0.1, -0.05) is 18.2 Å². The van der Waals surface area contributed by atoms with E-state index in [-0.39, 0.29) is 0 Å². The topological polar surface area (TPSA) is 49.8 Å². The normalized spacial score (nSPS) is 9.31. The third-order valence-corrected chi connectivity index (χ3v) is 1.46. The van der Waals surface area contributed by atoms with Crippen LogP contribution in [0.4, 0.5) is 4.79 Å². The molecule has 1 rings (SSSR count). The lowest BCUT2D eigenvalue weighted by atomic mass is 10.3. The van der Waals surface area contributed by atoms with E-state index in [0.717, 1.165) is 5.06 Å². The van der Waals surface area contributed by atoms with Gasteiger partial charge in [-0.15, -0.1) is 5.06 Å². The summed E-state index contributed by atoms with van der Waals surface area (Å²) >= 11 is 0. The smallest absolute Gasteiger partial charge is 0.440 e. The molecule has 0 saturated carbocycles. The van der Waals surface area contributed by atoms with Crippen molar-refractivity contribution in [2.75, 3.05) is 6.54 Å². The summed E-state index contributed by atoms with van der Waals surface area (Å²) in [6, 6.07) is 8.80. The van der Waals surface area contributed by atoms with E-state index in [9.17, 15) is 4.79 Å². The maximum absolute atomic E-state index is 10.5. The van der Waals surface area contributed by atoms with Crippen molar-refractivity contribution in [2.45, 2.75) is 6.92 Å². The molecule has 70 valence electrons. The van der Waals surface area contributed by atoms with Gasteiger partial charge in [0.1, 0.15) is 0 Å². The van der Waals surface area contributed by atoms with Crippen LogP contribution in [-0.2, 0) is 0 Å². The number of nitrogens with zero attached hydrogens (tertiary/aromatic N) is 1. The van der Waals surface area contributed by atoms with Gasteiger partial charge in [0, 0.05) is 0 Å². The van der Waals surface area contributed by atoms with Crippen LogP contribution < -0.4 is 4.84 Å². The first-order chi connectivity index (χ1) is 6.24. The fraction of sp³-hybridized carbons (Fsp3) is 0.222. The first kappa shape index (κ1) is 9.38. The lowest BCUT2D eigenvalue weighted by Gasteiger charge is -2.16. The van der Waals surface area contributed by atoms with E-state index < -0.39 is 6.09 Å². The van der Waals surface area contributed by atoms with E-state index in [4.69, 9.17) is 9.94 Å². The summed E-state index contributed by atoms with van der Waals surface area (Å²) in [6.07, 6.45) is -1.09. The minimum absolute atomic E-state index is 0.296. The van der Waals surface area contributed by atoms with Crippen LogP contribution in [0, 0.1) is 0 Å². The second-order valence-electron chi connectivity index (χ2n) is 2.38. The fourth-order valence-electron chi connectivity index (χ4n) is 0.847. The molecule has 1 aromatic rings. The van der Waals surface area contributed by atoms with Crippen LogP contribution in [0.5, 0.6) is 5.75 Å². The van der Waals surface area contributed by atoms with Crippen molar-refractivity contribution in [3.63, 3.8) is 0 Å². The molecule has 0 atom stereocenters. The van der Waals surface area contributed by atoms with E-state index in [1.54, 1.807) is 31.2 Å². The molecule has 0 unspecified atom stereocenters. The SMILES string of the molecule is CCN(Oc1ccccc1)C(=O)O. The first-order valence-electron chi connectivity index (χ1n) is 3.97. The highest BCUT2D eigenvalue weighted by Gasteiger charge is 2.10. The number of hydrogen-bond donors (Lipinski definition) is 1. The Kier molecular flexibility index (Phi) is 3.14. The predicted octanol–water partition coefficient (Wildman–Crippen LogP) is 1.98. The molecule has 0 heterocycles. The summed E-state index contributed by atoms with van der Waals surface area (Å²) in [7, 11) is 0. The molecular formula is C9H11NO3. The largest absolute Gasteiger partial charge is 0.463 e. The summed E-state index contributed by atoms with van der Waals surface area (Å²) in [5.74, 6) is 0.520. The molecule has 4 nitrogen and oxygen atoms in total. The molecule has 0 saturated heterocycles. The molecule has 1 amide bonds. The molecule has 13 heavy (non-hydrogen) atoms. The Hall–Kier alpha value is -1.71. The Balaban J connectivity index is 2.62. The number of para-hydroxylation sites is 1. The Morgan fingerprint density at radius 1 is 1.46 bits per heavy atom. The third kappa shape index (κ3) is 2.66. The predicted molar refractivity (Wildman–Crippen MR) is 47.5 cm³/mol. The Morgan fingerprint density at radius 3 is 2.54 bits per heavy atom. The summed E-state index contributed by atoms with van der Waals surface area (Å²) < 4.78 is 0. The Bertz CT molecular complexity index is 273. The lowest BCUT2D eigenvalue weighted by molar-refractivity contribution is -0.0315. The van der Waals surface area contributed by atoms with Crippen LogP contribution in [0.2, 0.25) is 0 Å². The molecule has 0 aliphatic carbocycles. The van der Waals surface area contributed by atoms with Gasteiger partial charge in [0.05, 0.1) is 6.54 Å². The monoisotopic (exact) mass is 181 g/mol. The van der Waals surface area contributed by atoms with Gasteiger partial charge in [-0.25, -0.2) is 4.79 Å². The van der Waals surface area contributed by atoms with E-state index in [1.165, 1.54) is 0 Å². The Labute approximate surface area is 76.3 Å². The van der Waals surface area contributed by atoms with Crippen molar-refractivity contribution >= 4 is 6.09 Å². The summed E-state index contributed by atoms with van der Waals surface area (Å²) in [4.78, 5) is 15.6. The third-order valence-electron chi connectivity index (χ3n) is 1.46. The lowest BCUT2D eigenvalue weighted by Crippen LogP contribution is -2.32. The van der Waals surface area contributed by atoms with E-state index in [1.807, 2.05) is 6.07 Å². The zero-order chi connectivity index (χ0) is 9.68. The van der Waals surface area contributed by atoms with Crippen molar-refractivity contribution in [1.29, 1.82) is 0 Å². The zero-order valence-electron chi connectivity index (χ0n) is 7.30. The average molecular weight is 181 g/mol. The molecule has 0 aromatic heterocycles. The highest BCUT2D eigenvalue weighted by Crippen LogP contribution is 2.10. The molecule has 0 fully saturated rings. The summed E-state index contributed by atoms with van der Waals surface area (Å²) in [6.45, 7) is 2.00. The number of benzene rings is 1. The quantitative estimate of drug-likeness (QED) is 0.725. The van der Waals surface area contributed by atoms with Crippen molar-refractivity contribution in [3.8, 4) is 5.75 Å². The molecule has 4 heteroatoms. The van der Waals surface area contributed by atoms with Gasteiger partial charge in [-0.3, -0.25) is 0 Å². The first-order valence-corrected chi connectivity index (χ1v) is 3.97. The van der Waals surface area contributed by atoms with Crippen LogP contribution in [-0.4, -0.2) is 22.8 Å². The van der Waals surface area contributed by atoms with Gasteiger partial charge in [-0.05, 0) is 19.1 Å². The maximum atomic E-state index is 10.5. The number of hydroxylamine groups is 2. The van der Waals surface area contributed by atoms with Gasteiger partial charge in [0.2, 0.25) is 0 Å². The van der Waals surface area contributed by atoms with Crippen LogP contribution in [0.15, 0.2) is 30.3 Å². The highest BCUT2D eigenvalue weighted by molar-refractivity contribution is 5.63. The fourth-order valence-corrected chi connectivity index (χ4v) is 0.847. The number of carboxylic acid groups (broad SMARTS) is 1. The van der Waals surface area contributed by atoms with Crippen LogP contribution in [0.1, 0.15) is 6.92 Å². The van der Waals surface area contributed by atoms with Crippen LogP contribution in [0.25, 0.3) is 0 Å². The molecule has 0 aliphatic heterocycles. The number of rotatable bonds is 3. The minimum Gasteiger partial charge on any atom is -0.463 e. The van der Waals surface area contributed by atoms with Gasteiger partial charge in [-0.2, -0.15) is 0 Å². The van der Waals surface area contributed by atoms with Gasteiger partial charge in [0.25, 0.3) is 0 Å². The zero-order valence-corrected chi connectivity index (χ0v) is 7.30. The van der Waals surface area contributed by atoms with Crippen molar-refractivity contribution in [3.05, 3.63) is 30.3 Å². The Morgan fingerprint density at radius 2 is 2.08 bits per heavy atom. The van der Waals surface area contributed by atoms with E-state index in [0.29, 0.717) is 12.3 Å². The van der Waals surface area contributed by atoms with Crippen molar-refractivity contribution in [2.24, 2.45) is 0 Å². The summed E-state index contributed by atoms with van der Waals surface area (Å²) in [5.41, 5.74) is 0. The standard InChI is InChI=1S/C9H11NO3/c1-2-10(9(11)12)13-8-6-4-3-5-7-8/h3-7H,2H2,1H3,(H,11,12). The molecule has 0 spiro atoms. The molecule has 0 bridgehead atoms. The average Bonchev–Trinajstić information content (AvgIpc) is 2.15. The molecular weight excluding hydrogens is 170 g/mol. The van der Waals surface area contributed by atoms with Crippen LogP contribution >= 0.6 is 0 Å². The summed E-state index contributed by atoms with van der Waals surface area (Å²) in [5, 5.41) is 9.51. The molecule has 0 aliphatic rings. The van der Waals surface area contributed by atoms with Gasteiger partial charge < -0.3 is 9.94 Å². The van der Waals surface area contributed by atoms with E-state index in [2.05, 4.69) is 0 Å². The second-order valence-corrected chi connectivity index (χ2v) is 2.38.